The fourth-order valence-corrected chi connectivity index (χ4v) is 1.45. The summed E-state index contributed by atoms with van der Waals surface area (Å²) in [4.78, 5) is 0. The summed E-state index contributed by atoms with van der Waals surface area (Å²) in [5.41, 5.74) is 0. The van der Waals surface area contributed by atoms with Gasteiger partial charge in [-0.15, -0.1) is 11.6 Å². The van der Waals surface area contributed by atoms with Crippen molar-refractivity contribution in [2.75, 3.05) is 26.9 Å². The van der Waals surface area contributed by atoms with E-state index in [9.17, 15) is 0 Å². The van der Waals surface area contributed by atoms with Crippen LogP contribution in [-0.2, 0) is 9.47 Å². The first-order chi connectivity index (χ1) is 7.18. The van der Waals surface area contributed by atoms with Crippen molar-refractivity contribution in [3.63, 3.8) is 0 Å². The minimum absolute atomic E-state index is 0.333. The van der Waals surface area contributed by atoms with E-state index in [-0.39, 0.29) is 0 Å². The van der Waals surface area contributed by atoms with Crippen LogP contribution in [0.5, 0.6) is 0 Å². The average Bonchev–Trinajstić information content (AvgIpc) is 2.21. The molecule has 0 saturated carbocycles. The Hall–Kier alpha value is 0.210. The molecule has 0 aromatic heterocycles. The Bertz CT molecular complexity index is 129. The molecule has 1 atom stereocenters. The van der Waals surface area contributed by atoms with Crippen LogP contribution in [0.2, 0.25) is 0 Å². The maximum absolute atomic E-state index is 6.15. The third kappa shape index (κ3) is 10.5. The van der Waals surface area contributed by atoms with Gasteiger partial charge < -0.3 is 9.47 Å². The number of methoxy groups -OCH3 is 1. The van der Waals surface area contributed by atoms with Crippen molar-refractivity contribution in [2.45, 2.75) is 44.9 Å². The van der Waals surface area contributed by atoms with E-state index in [1.807, 2.05) is 0 Å². The van der Waals surface area contributed by atoms with Gasteiger partial charge in [0.15, 0.2) is 0 Å². The summed E-state index contributed by atoms with van der Waals surface area (Å²) in [6.45, 7) is 6.59. The molecule has 0 heterocycles. The Morgan fingerprint density at radius 1 is 1.00 bits per heavy atom. The highest BCUT2D eigenvalue weighted by Crippen LogP contribution is 2.16. The van der Waals surface area contributed by atoms with Crippen LogP contribution in [-0.4, -0.2) is 32.3 Å². The molecule has 0 amide bonds. The predicted molar refractivity (Wildman–Crippen MR) is 65.6 cm³/mol. The first kappa shape index (κ1) is 15.2. The van der Waals surface area contributed by atoms with Crippen molar-refractivity contribution in [1.29, 1.82) is 0 Å². The third-order valence-corrected chi connectivity index (χ3v) is 3.15. The summed E-state index contributed by atoms with van der Waals surface area (Å²) in [7, 11) is 1.69. The van der Waals surface area contributed by atoms with E-state index in [1.54, 1.807) is 7.11 Å². The summed E-state index contributed by atoms with van der Waals surface area (Å²) in [5.74, 6) is 0.588. The van der Waals surface area contributed by atoms with E-state index in [4.69, 9.17) is 21.1 Å². The quantitative estimate of drug-likeness (QED) is 0.427. The van der Waals surface area contributed by atoms with Crippen molar-refractivity contribution >= 4 is 11.6 Å². The number of rotatable bonds is 10. The van der Waals surface area contributed by atoms with Crippen LogP contribution in [0.25, 0.3) is 0 Å². The summed E-state index contributed by atoms with van der Waals surface area (Å²) in [6, 6.07) is 0. The Morgan fingerprint density at radius 3 is 2.33 bits per heavy atom. The molecule has 0 aliphatic carbocycles. The number of halogens is 1. The molecule has 0 aliphatic rings. The molecule has 0 fully saturated rings. The van der Waals surface area contributed by atoms with Crippen molar-refractivity contribution in [2.24, 2.45) is 5.92 Å². The van der Waals surface area contributed by atoms with Gasteiger partial charge in [0.2, 0.25) is 0 Å². The first-order valence-corrected chi connectivity index (χ1v) is 6.33. The number of hydrogen-bond donors (Lipinski definition) is 0. The van der Waals surface area contributed by atoms with Crippen LogP contribution < -0.4 is 0 Å². The first-order valence-electron chi connectivity index (χ1n) is 5.89. The fraction of sp³-hybridized carbons (Fsp3) is 1.00. The lowest BCUT2D eigenvalue weighted by Crippen LogP contribution is -2.07. The molecule has 0 bridgehead atoms. The van der Waals surface area contributed by atoms with Gasteiger partial charge in [-0.05, 0) is 18.8 Å². The van der Waals surface area contributed by atoms with Gasteiger partial charge in [-0.2, -0.15) is 0 Å². The smallest absolute Gasteiger partial charge is 0.0700 e. The molecule has 0 saturated heterocycles. The second-order valence-electron chi connectivity index (χ2n) is 4.21. The van der Waals surface area contributed by atoms with Crippen LogP contribution in [0, 0.1) is 5.92 Å². The number of alkyl halides is 1. The maximum atomic E-state index is 6.15. The zero-order valence-electron chi connectivity index (χ0n) is 10.3. The van der Waals surface area contributed by atoms with Crippen LogP contribution >= 0.6 is 11.6 Å². The molecular weight excluding hydrogens is 212 g/mol. The number of hydrogen-bond acceptors (Lipinski definition) is 2. The lowest BCUT2D eigenvalue weighted by Gasteiger charge is -2.12. The highest BCUT2D eigenvalue weighted by Gasteiger charge is 2.08. The van der Waals surface area contributed by atoms with Gasteiger partial charge in [-0.25, -0.2) is 0 Å². The standard InChI is InChI=1S/C12H25ClO2/c1-11(2)12(13)7-5-4-6-8-15-10-9-14-3/h11-12H,4-10H2,1-3H3. The monoisotopic (exact) mass is 236 g/mol. The number of ether oxygens (including phenoxy) is 2. The summed E-state index contributed by atoms with van der Waals surface area (Å²) in [6.07, 6.45) is 4.67. The largest absolute Gasteiger partial charge is 0.382 e. The van der Waals surface area contributed by atoms with E-state index in [0.29, 0.717) is 24.5 Å². The summed E-state index contributed by atoms with van der Waals surface area (Å²) < 4.78 is 10.3. The van der Waals surface area contributed by atoms with E-state index in [2.05, 4.69) is 13.8 Å². The zero-order valence-corrected chi connectivity index (χ0v) is 11.1. The van der Waals surface area contributed by atoms with Gasteiger partial charge >= 0.3 is 0 Å². The normalized spacial score (nSPS) is 13.4. The minimum atomic E-state index is 0.333. The molecule has 0 aliphatic heterocycles. The van der Waals surface area contributed by atoms with Crippen molar-refractivity contribution in [3.8, 4) is 0 Å². The highest BCUT2D eigenvalue weighted by atomic mass is 35.5. The lowest BCUT2D eigenvalue weighted by molar-refractivity contribution is 0.0685. The molecular formula is C12H25ClO2. The highest BCUT2D eigenvalue weighted by molar-refractivity contribution is 6.20. The van der Waals surface area contributed by atoms with Gasteiger partial charge in [0, 0.05) is 19.1 Å². The summed E-state index contributed by atoms with van der Waals surface area (Å²) >= 11 is 6.15. The molecule has 0 radical (unpaired) electrons. The Balaban J connectivity index is 3.05. The van der Waals surface area contributed by atoms with Crippen molar-refractivity contribution < 1.29 is 9.47 Å². The number of unbranched alkanes of at least 4 members (excludes halogenated alkanes) is 2. The van der Waals surface area contributed by atoms with Crippen LogP contribution in [0.3, 0.4) is 0 Å². The topological polar surface area (TPSA) is 18.5 Å². The zero-order chi connectivity index (χ0) is 11.5. The SMILES string of the molecule is COCCOCCCCCC(Cl)C(C)C. The molecule has 1 unspecified atom stereocenters. The van der Waals surface area contributed by atoms with Crippen LogP contribution in [0.4, 0.5) is 0 Å². The lowest BCUT2D eigenvalue weighted by atomic mass is 10.0. The van der Waals surface area contributed by atoms with Gasteiger partial charge in [0.05, 0.1) is 13.2 Å². The molecule has 0 N–H and O–H groups in total. The van der Waals surface area contributed by atoms with Crippen LogP contribution in [0.1, 0.15) is 39.5 Å². The van der Waals surface area contributed by atoms with Gasteiger partial charge in [0.1, 0.15) is 0 Å². The Labute approximate surface area is 99.3 Å². The predicted octanol–water partition coefficient (Wildman–Crippen LogP) is 3.47. The van der Waals surface area contributed by atoms with Crippen molar-refractivity contribution in [3.05, 3.63) is 0 Å². The maximum Gasteiger partial charge on any atom is 0.0700 e. The fourth-order valence-electron chi connectivity index (χ4n) is 1.30. The van der Waals surface area contributed by atoms with Crippen LogP contribution in [0.15, 0.2) is 0 Å². The minimum Gasteiger partial charge on any atom is -0.382 e. The second-order valence-corrected chi connectivity index (χ2v) is 4.78. The Kier molecular flexibility index (Phi) is 10.9. The molecule has 92 valence electrons. The van der Waals surface area contributed by atoms with Gasteiger partial charge in [-0.3, -0.25) is 0 Å². The molecule has 0 aromatic carbocycles. The molecule has 2 nitrogen and oxygen atoms in total. The van der Waals surface area contributed by atoms with E-state index in [0.717, 1.165) is 19.4 Å². The molecule has 0 rings (SSSR count). The molecule has 0 aromatic rings. The van der Waals surface area contributed by atoms with E-state index in [1.165, 1.54) is 12.8 Å². The second kappa shape index (κ2) is 10.7. The van der Waals surface area contributed by atoms with E-state index >= 15 is 0 Å². The molecule has 15 heavy (non-hydrogen) atoms. The van der Waals surface area contributed by atoms with Gasteiger partial charge in [-0.1, -0.05) is 26.7 Å². The molecule has 3 heteroatoms. The van der Waals surface area contributed by atoms with Gasteiger partial charge in [0.25, 0.3) is 0 Å². The Morgan fingerprint density at radius 2 is 1.73 bits per heavy atom. The summed E-state index contributed by atoms with van der Waals surface area (Å²) in [5, 5.41) is 0.333. The third-order valence-electron chi connectivity index (χ3n) is 2.42. The van der Waals surface area contributed by atoms with E-state index < -0.39 is 0 Å². The van der Waals surface area contributed by atoms with Crippen molar-refractivity contribution in [1.82, 2.24) is 0 Å². The molecule has 0 spiro atoms. The average molecular weight is 237 g/mol.